The van der Waals surface area contributed by atoms with Crippen LogP contribution in [0.15, 0.2) is 18.2 Å². The maximum Gasteiger partial charge on any atom is 0.416 e. The van der Waals surface area contributed by atoms with E-state index in [1.165, 1.54) is 13.8 Å². The Morgan fingerprint density at radius 2 is 1.54 bits per heavy atom. The third kappa shape index (κ3) is 4.88. The molecule has 1 saturated heterocycles. The summed E-state index contributed by atoms with van der Waals surface area (Å²) in [7, 11) is 0. The van der Waals surface area contributed by atoms with E-state index < -0.39 is 41.0 Å². The number of halogens is 6. The van der Waals surface area contributed by atoms with Crippen LogP contribution in [0.2, 0.25) is 0 Å². The van der Waals surface area contributed by atoms with Gasteiger partial charge in [-0.05, 0) is 37.6 Å². The van der Waals surface area contributed by atoms with E-state index in [1.807, 2.05) is 0 Å². The van der Waals surface area contributed by atoms with Crippen LogP contribution in [-0.4, -0.2) is 31.7 Å². The highest BCUT2D eigenvalue weighted by molar-refractivity contribution is 5.82. The van der Waals surface area contributed by atoms with Crippen molar-refractivity contribution in [3.63, 3.8) is 0 Å². The van der Waals surface area contributed by atoms with Crippen LogP contribution >= 0.6 is 0 Å². The van der Waals surface area contributed by atoms with Crippen molar-refractivity contribution in [1.29, 1.82) is 0 Å². The van der Waals surface area contributed by atoms with Gasteiger partial charge in [-0.15, -0.1) is 0 Å². The van der Waals surface area contributed by atoms with Crippen LogP contribution < -0.4 is 10.6 Å². The number of hydrogen-bond donors (Lipinski definition) is 2. The minimum Gasteiger partial charge on any atom is -0.378 e. The summed E-state index contributed by atoms with van der Waals surface area (Å²) in [6, 6.07) is 0.550. The second kappa shape index (κ2) is 7.07. The van der Waals surface area contributed by atoms with Crippen LogP contribution in [0.1, 0.15) is 30.5 Å². The van der Waals surface area contributed by atoms with Gasteiger partial charge in [0, 0.05) is 6.54 Å². The summed E-state index contributed by atoms with van der Waals surface area (Å²) in [5.41, 5.74) is -4.62. The van der Waals surface area contributed by atoms with Crippen LogP contribution in [0.25, 0.3) is 0 Å². The number of alkyl halides is 6. The fourth-order valence-corrected chi connectivity index (χ4v) is 2.52. The first-order valence-electron chi connectivity index (χ1n) is 7.74. The van der Waals surface area contributed by atoms with E-state index in [4.69, 9.17) is 4.74 Å². The second-order valence-electron chi connectivity index (χ2n) is 6.49. The Bertz CT molecular complexity index is 631. The average Bonchev–Trinajstić information content (AvgIpc) is 2.53. The zero-order chi connectivity index (χ0) is 19.8. The third-order valence-corrected chi connectivity index (χ3v) is 3.98. The highest BCUT2D eigenvalue weighted by Crippen LogP contribution is 2.38. The van der Waals surface area contributed by atoms with Gasteiger partial charge in [0.25, 0.3) is 0 Å². The fraction of sp³-hybridized carbons (Fsp3) is 0.562. The number of ether oxygens (including phenoxy) is 1. The lowest BCUT2D eigenvalue weighted by Crippen LogP contribution is -2.55. The van der Waals surface area contributed by atoms with Gasteiger partial charge >= 0.3 is 12.4 Å². The lowest BCUT2D eigenvalue weighted by molar-refractivity contribution is -0.143. The van der Waals surface area contributed by atoms with Crippen molar-refractivity contribution >= 4 is 5.91 Å². The lowest BCUT2D eigenvalue weighted by atomic mass is 9.90. The molecule has 2 rings (SSSR count). The van der Waals surface area contributed by atoms with Gasteiger partial charge in [0.1, 0.15) is 6.04 Å². The minimum atomic E-state index is -4.95. The molecule has 4 nitrogen and oxygen atoms in total. The summed E-state index contributed by atoms with van der Waals surface area (Å²) in [6.07, 6.45) is -9.90. The molecule has 1 atom stereocenters. The molecule has 0 aliphatic carbocycles. The maximum atomic E-state index is 13.0. The predicted octanol–water partition coefficient (Wildman–Crippen LogP) is 3.06. The molecule has 0 bridgehead atoms. The molecule has 1 aliphatic heterocycles. The van der Waals surface area contributed by atoms with Crippen LogP contribution in [-0.2, 0) is 27.4 Å². The van der Waals surface area contributed by atoms with Crippen LogP contribution in [0.3, 0.4) is 0 Å². The number of hydrogen-bond acceptors (Lipinski definition) is 3. The van der Waals surface area contributed by atoms with Crippen molar-refractivity contribution in [1.82, 2.24) is 10.6 Å². The van der Waals surface area contributed by atoms with Gasteiger partial charge in [-0.3, -0.25) is 4.79 Å². The zero-order valence-electron chi connectivity index (χ0n) is 14.0. The van der Waals surface area contributed by atoms with Crippen molar-refractivity contribution in [3.8, 4) is 0 Å². The number of benzene rings is 1. The molecular formula is C16H18F6N2O2. The molecule has 10 heteroatoms. The molecule has 1 heterocycles. The number of carbonyl (C=O) groups excluding carboxylic acids is 1. The van der Waals surface area contributed by atoms with E-state index in [2.05, 4.69) is 10.6 Å². The van der Waals surface area contributed by atoms with Crippen LogP contribution in [0.5, 0.6) is 0 Å². The summed E-state index contributed by atoms with van der Waals surface area (Å²) in [5.74, 6) is -0.569. The molecule has 0 unspecified atom stereocenters. The molecule has 1 aliphatic rings. The standard InChI is InChI=1S/C16H18F6N2O2/c1-14(2,24-13(25)12-8-26-4-3-23-12)9-5-10(15(17,18)19)7-11(6-9)16(20,21)22/h5-7,12,23H,3-4,8H2,1-2H3,(H,24,25)/t12-/m0/s1. The van der Waals surface area contributed by atoms with Crippen molar-refractivity contribution in [2.75, 3.05) is 19.8 Å². The molecule has 26 heavy (non-hydrogen) atoms. The van der Waals surface area contributed by atoms with Crippen LogP contribution in [0, 0.1) is 0 Å². The summed E-state index contributed by atoms with van der Waals surface area (Å²) in [5, 5.41) is 5.35. The van der Waals surface area contributed by atoms with Crippen molar-refractivity contribution < 1.29 is 35.9 Å². The topological polar surface area (TPSA) is 50.4 Å². The monoisotopic (exact) mass is 384 g/mol. The van der Waals surface area contributed by atoms with Crippen molar-refractivity contribution in [2.45, 2.75) is 37.8 Å². The number of morpholine rings is 1. The zero-order valence-corrected chi connectivity index (χ0v) is 14.0. The molecule has 1 fully saturated rings. The molecule has 146 valence electrons. The Labute approximate surface area is 145 Å². The lowest BCUT2D eigenvalue weighted by Gasteiger charge is -2.32. The van der Waals surface area contributed by atoms with E-state index in [0.29, 0.717) is 25.3 Å². The van der Waals surface area contributed by atoms with Gasteiger partial charge in [-0.1, -0.05) is 0 Å². The highest BCUT2D eigenvalue weighted by Gasteiger charge is 2.39. The smallest absolute Gasteiger partial charge is 0.378 e. The SMILES string of the molecule is CC(C)(NC(=O)[C@@H]1COCCN1)c1cc(C(F)(F)F)cc(C(F)(F)F)c1. The van der Waals surface area contributed by atoms with Crippen molar-refractivity contribution in [3.05, 3.63) is 34.9 Å². The van der Waals surface area contributed by atoms with Gasteiger partial charge in [0.15, 0.2) is 0 Å². The first-order valence-corrected chi connectivity index (χ1v) is 7.74. The summed E-state index contributed by atoms with van der Waals surface area (Å²) >= 11 is 0. The van der Waals surface area contributed by atoms with Gasteiger partial charge in [0.2, 0.25) is 5.91 Å². The summed E-state index contributed by atoms with van der Waals surface area (Å²) in [6.45, 7) is 3.57. The van der Waals surface area contributed by atoms with E-state index in [9.17, 15) is 31.1 Å². The molecule has 1 amide bonds. The molecule has 0 spiro atoms. The van der Waals surface area contributed by atoms with E-state index in [1.54, 1.807) is 0 Å². The average molecular weight is 384 g/mol. The quantitative estimate of drug-likeness (QED) is 0.788. The Morgan fingerprint density at radius 1 is 1.04 bits per heavy atom. The number of rotatable bonds is 3. The minimum absolute atomic E-state index is 0.0535. The Kier molecular flexibility index (Phi) is 5.57. The maximum absolute atomic E-state index is 13.0. The number of amides is 1. The number of carbonyl (C=O) groups is 1. The molecule has 0 aromatic heterocycles. The molecule has 0 radical (unpaired) electrons. The van der Waals surface area contributed by atoms with Gasteiger partial charge < -0.3 is 15.4 Å². The normalized spacial score (nSPS) is 19.3. The first kappa shape index (κ1) is 20.5. The highest BCUT2D eigenvalue weighted by atomic mass is 19.4. The molecule has 0 saturated carbocycles. The second-order valence-corrected chi connectivity index (χ2v) is 6.49. The van der Waals surface area contributed by atoms with Gasteiger partial charge in [-0.2, -0.15) is 26.3 Å². The summed E-state index contributed by atoms with van der Waals surface area (Å²) in [4.78, 5) is 12.3. The van der Waals surface area contributed by atoms with Crippen molar-refractivity contribution in [2.24, 2.45) is 0 Å². The molecule has 2 N–H and O–H groups in total. The summed E-state index contributed by atoms with van der Waals surface area (Å²) < 4.78 is 83.1. The Balaban J connectivity index is 2.36. The van der Waals surface area contributed by atoms with Gasteiger partial charge in [-0.25, -0.2) is 0 Å². The van der Waals surface area contributed by atoms with E-state index in [-0.39, 0.29) is 18.2 Å². The Morgan fingerprint density at radius 3 is 1.96 bits per heavy atom. The number of nitrogens with one attached hydrogen (secondary N) is 2. The van der Waals surface area contributed by atoms with E-state index >= 15 is 0 Å². The first-order chi connectivity index (χ1) is 11.8. The van der Waals surface area contributed by atoms with Crippen LogP contribution in [0.4, 0.5) is 26.3 Å². The largest absolute Gasteiger partial charge is 0.416 e. The molecule has 1 aromatic rings. The van der Waals surface area contributed by atoms with E-state index in [0.717, 1.165) is 0 Å². The van der Waals surface area contributed by atoms with Gasteiger partial charge in [0.05, 0.1) is 29.9 Å². The molecular weight excluding hydrogens is 366 g/mol. The predicted molar refractivity (Wildman–Crippen MR) is 80.2 cm³/mol. The molecule has 1 aromatic carbocycles. The Hall–Kier alpha value is -1.81. The fourth-order valence-electron chi connectivity index (χ4n) is 2.52. The third-order valence-electron chi connectivity index (χ3n) is 3.98.